The predicted octanol–water partition coefficient (Wildman–Crippen LogP) is 3.79. The zero-order valence-electron chi connectivity index (χ0n) is 18.4. The van der Waals surface area contributed by atoms with E-state index in [1.54, 1.807) is 50.4 Å². The SMILES string of the molecule is COc1ccccc1NC(=O)c1ccc(NC(C)C(=O)NCc2ccc3c(c2)OCO3)cc1. The number of ether oxygens (including phenoxy) is 3. The van der Waals surface area contributed by atoms with Gasteiger partial charge in [-0.25, -0.2) is 0 Å². The number of para-hydroxylation sites is 2. The first-order chi connectivity index (χ1) is 16.0. The molecule has 170 valence electrons. The van der Waals surface area contributed by atoms with E-state index in [-0.39, 0.29) is 18.6 Å². The lowest BCUT2D eigenvalue weighted by molar-refractivity contribution is -0.121. The molecule has 2 amide bonds. The van der Waals surface area contributed by atoms with Crippen molar-refractivity contribution in [1.29, 1.82) is 0 Å². The Labute approximate surface area is 191 Å². The molecule has 1 atom stereocenters. The third kappa shape index (κ3) is 5.35. The third-order valence-electron chi connectivity index (χ3n) is 5.18. The number of carbonyl (C=O) groups is 2. The van der Waals surface area contributed by atoms with Crippen LogP contribution in [-0.2, 0) is 11.3 Å². The Morgan fingerprint density at radius 2 is 1.76 bits per heavy atom. The second-order valence-corrected chi connectivity index (χ2v) is 7.50. The van der Waals surface area contributed by atoms with Crippen LogP contribution in [0.2, 0.25) is 0 Å². The minimum absolute atomic E-state index is 0.148. The molecule has 8 heteroatoms. The van der Waals surface area contributed by atoms with Crippen LogP contribution in [0.4, 0.5) is 11.4 Å². The van der Waals surface area contributed by atoms with Gasteiger partial charge in [0.15, 0.2) is 11.5 Å². The highest BCUT2D eigenvalue weighted by Gasteiger charge is 2.16. The highest BCUT2D eigenvalue weighted by molar-refractivity contribution is 6.05. The van der Waals surface area contributed by atoms with Crippen molar-refractivity contribution in [3.05, 3.63) is 77.9 Å². The number of carbonyl (C=O) groups excluding carboxylic acids is 2. The number of fused-ring (bicyclic) bond motifs is 1. The predicted molar refractivity (Wildman–Crippen MR) is 125 cm³/mol. The Bertz CT molecular complexity index is 1150. The average molecular weight is 447 g/mol. The largest absolute Gasteiger partial charge is 0.495 e. The first kappa shape index (κ1) is 22.0. The summed E-state index contributed by atoms with van der Waals surface area (Å²) in [6, 6.07) is 19.2. The fraction of sp³-hybridized carbons (Fsp3) is 0.200. The topological polar surface area (TPSA) is 97.9 Å². The number of nitrogens with one attached hydrogen (secondary N) is 3. The molecule has 33 heavy (non-hydrogen) atoms. The molecular formula is C25H25N3O5. The first-order valence-electron chi connectivity index (χ1n) is 10.5. The van der Waals surface area contributed by atoms with Crippen LogP contribution >= 0.6 is 0 Å². The van der Waals surface area contributed by atoms with Gasteiger partial charge in [0.25, 0.3) is 5.91 Å². The van der Waals surface area contributed by atoms with Crippen LogP contribution in [0.15, 0.2) is 66.7 Å². The van der Waals surface area contributed by atoms with Crippen molar-refractivity contribution in [3.63, 3.8) is 0 Å². The van der Waals surface area contributed by atoms with E-state index in [9.17, 15) is 9.59 Å². The quantitative estimate of drug-likeness (QED) is 0.486. The van der Waals surface area contributed by atoms with E-state index in [0.717, 1.165) is 11.3 Å². The molecule has 0 spiro atoms. The third-order valence-corrected chi connectivity index (χ3v) is 5.18. The molecule has 0 radical (unpaired) electrons. The van der Waals surface area contributed by atoms with Gasteiger partial charge in [-0.3, -0.25) is 9.59 Å². The maximum Gasteiger partial charge on any atom is 0.255 e. The lowest BCUT2D eigenvalue weighted by Gasteiger charge is -2.16. The highest BCUT2D eigenvalue weighted by Crippen LogP contribution is 2.32. The fourth-order valence-corrected chi connectivity index (χ4v) is 3.37. The fourth-order valence-electron chi connectivity index (χ4n) is 3.37. The van der Waals surface area contributed by atoms with E-state index in [1.807, 2.05) is 30.3 Å². The Kier molecular flexibility index (Phi) is 6.64. The molecule has 1 aliphatic rings. The standard InChI is InChI=1S/C25H25N3O5/c1-16(24(29)26-14-17-7-12-22-23(13-17)33-15-32-22)27-19-10-8-18(9-11-19)25(30)28-20-5-3-4-6-21(20)31-2/h3-13,16,27H,14-15H2,1-2H3,(H,26,29)(H,28,30). The zero-order chi connectivity index (χ0) is 23.2. The van der Waals surface area contributed by atoms with Gasteiger partial charge in [0.05, 0.1) is 12.8 Å². The number of amides is 2. The van der Waals surface area contributed by atoms with Gasteiger partial charge in [-0.2, -0.15) is 0 Å². The van der Waals surface area contributed by atoms with E-state index in [2.05, 4.69) is 16.0 Å². The monoisotopic (exact) mass is 447 g/mol. The van der Waals surface area contributed by atoms with Crippen LogP contribution in [0.25, 0.3) is 0 Å². The molecule has 0 aromatic heterocycles. The van der Waals surface area contributed by atoms with Gasteiger partial charge in [0.2, 0.25) is 12.7 Å². The molecule has 0 saturated carbocycles. The van der Waals surface area contributed by atoms with E-state index < -0.39 is 6.04 Å². The van der Waals surface area contributed by atoms with Gasteiger partial charge < -0.3 is 30.2 Å². The molecule has 4 rings (SSSR count). The van der Waals surface area contributed by atoms with Crippen LogP contribution in [0.5, 0.6) is 17.2 Å². The van der Waals surface area contributed by atoms with Gasteiger partial charge in [0, 0.05) is 17.8 Å². The van der Waals surface area contributed by atoms with Crippen molar-refractivity contribution in [3.8, 4) is 17.2 Å². The number of rotatable bonds is 8. The number of hydrogen-bond donors (Lipinski definition) is 3. The van der Waals surface area contributed by atoms with Crippen LogP contribution < -0.4 is 30.2 Å². The highest BCUT2D eigenvalue weighted by atomic mass is 16.7. The van der Waals surface area contributed by atoms with Crippen LogP contribution in [0.1, 0.15) is 22.8 Å². The maximum absolute atomic E-state index is 12.5. The molecule has 8 nitrogen and oxygen atoms in total. The molecule has 3 aromatic carbocycles. The molecule has 1 unspecified atom stereocenters. The summed E-state index contributed by atoms with van der Waals surface area (Å²) in [5.41, 5.74) is 2.74. The van der Waals surface area contributed by atoms with Crippen molar-refractivity contribution >= 4 is 23.2 Å². The molecule has 1 aliphatic heterocycles. The molecule has 0 bridgehead atoms. The summed E-state index contributed by atoms with van der Waals surface area (Å²) in [6.07, 6.45) is 0. The summed E-state index contributed by atoms with van der Waals surface area (Å²) >= 11 is 0. The number of benzene rings is 3. The molecular weight excluding hydrogens is 422 g/mol. The van der Waals surface area contributed by atoms with Crippen molar-refractivity contribution in [2.24, 2.45) is 0 Å². The summed E-state index contributed by atoms with van der Waals surface area (Å²) in [6.45, 7) is 2.37. The molecule has 0 aliphatic carbocycles. The Morgan fingerprint density at radius 1 is 1.00 bits per heavy atom. The second-order valence-electron chi connectivity index (χ2n) is 7.50. The number of hydrogen-bond acceptors (Lipinski definition) is 6. The molecule has 3 N–H and O–H groups in total. The smallest absolute Gasteiger partial charge is 0.255 e. The van der Waals surface area contributed by atoms with Crippen molar-refractivity contribution < 1.29 is 23.8 Å². The number of methoxy groups -OCH3 is 1. The van der Waals surface area contributed by atoms with Crippen molar-refractivity contribution in [1.82, 2.24) is 5.32 Å². The van der Waals surface area contributed by atoms with E-state index in [0.29, 0.717) is 35.0 Å². The molecule has 0 fully saturated rings. The van der Waals surface area contributed by atoms with Gasteiger partial charge in [-0.05, 0) is 61.0 Å². The normalized spacial score (nSPS) is 12.5. The van der Waals surface area contributed by atoms with Crippen LogP contribution in [0, 0.1) is 0 Å². The summed E-state index contributed by atoms with van der Waals surface area (Å²) in [5.74, 6) is 1.58. The molecule has 3 aromatic rings. The van der Waals surface area contributed by atoms with Crippen LogP contribution in [0.3, 0.4) is 0 Å². The molecule has 1 heterocycles. The van der Waals surface area contributed by atoms with Gasteiger partial charge in [0.1, 0.15) is 11.8 Å². The Balaban J connectivity index is 1.29. The van der Waals surface area contributed by atoms with Gasteiger partial charge in [-0.15, -0.1) is 0 Å². The Morgan fingerprint density at radius 3 is 2.55 bits per heavy atom. The summed E-state index contributed by atoms with van der Waals surface area (Å²) in [4.78, 5) is 25.0. The van der Waals surface area contributed by atoms with E-state index in [1.165, 1.54) is 0 Å². The lowest BCUT2D eigenvalue weighted by atomic mass is 10.1. The summed E-state index contributed by atoms with van der Waals surface area (Å²) in [7, 11) is 1.55. The van der Waals surface area contributed by atoms with Gasteiger partial charge in [-0.1, -0.05) is 18.2 Å². The van der Waals surface area contributed by atoms with Crippen molar-refractivity contribution in [2.75, 3.05) is 24.5 Å². The lowest BCUT2D eigenvalue weighted by Crippen LogP contribution is -2.37. The van der Waals surface area contributed by atoms with Gasteiger partial charge >= 0.3 is 0 Å². The average Bonchev–Trinajstić information content (AvgIpc) is 3.31. The maximum atomic E-state index is 12.5. The van der Waals surface area contributed by atoms with Crippen molar-refractivity contribution in [2.45, 2.75) is 19.5 Å². The zero-order valence-corrected chi connectivity index (χ0v) is 18.4. The summed E-state index contributed by atoms with van der Waals surface area (Å²) < 4.78 is 15.9. The first-order valence-corrected chi connectivity index (χ1v) is 10.5. The Hall–Kier alpha value is -4.20. The van der Waals surface area contributed by atoms with Crippen LogP contribution in [-0.4, -0.2) is 31.8 Å². The van der Waals surface area contributed by atoms with E-state index >= 15 is 0 Å². The number of anilines is 2. The van der Waals surface area contributed by atoms with E-state index in [4.69, 9.17) is 14.2 Å². The minimum Gasteiger partial charge on any atom is -0.495 e. The molecule has 0 saturated heterocycles. The minimum atomic E-state index is -0.465. The summed E-state index contributed by atoms with van der Waals surface area (Å²) in [5, 5.41) is 8.89. The second kappa shape index (κ2) is 9.95.